The van der Waals surface area contributed by atoms with Gasteiger partial charge in [0.2, 0.25) is 5.91 Å². The Bertz CT molecular complexity index is 494. The number of aliphatic hydroxyl groups is 2. The molecule has 0 spiro atoms. The van der Waals surface area contributed by atoms with Crippen molar-refractivity contribution in [2.45, 2.75) is 12.2 Å². The van der Waals surface area contributed by atoms with E-state index in [1.165, 1.54) is 0 Å². The van der Waals surface area contributed by atoms with Gasteiger partial charge in [0.25, 0.3) is 0 Å². The minimum Gasteiger partial charge on any atom is -0.389 e. The number of halogens is 3. The fraction of sp³-hybridized carbons (Fsp3) is 0.417. The third kappa shape index (κ3) is 4.02. The quantitative estimate of drug-likeness (QED) is 0.629. The van der Waals surface area contributed by atoms with E-state index in [1.807, 2.05) is 12.1 Å². The van der Waals surface area contributed by atoms with Crippen molar-refractivity contribution in [3.8, 4) is 0 Å². The minimum absolute atomic E-state index is 0.128. The average molecular weight is 473 g/mol. The summed E-state index contributed by atoms with van der Waals surface area (Å²) in [5, 5.41) is 21.7. The Morgan fingerprint density at radius 3 is 2.20 bits per heavy atom. The maximum Gasteiger partial charge on any atom is 0.238 e. The maximum atomic E-state index is 12.0. The third-order valence-corrected chi connectivity index (χ3v) is 4.68. The Kier molecular flexibility index (Phi) is 5.61. The van der Waals surface area contributed by atoms with Crippen LogP contribution in [0, 0.1) is 0 Å². The third-order valence-electron chi connectivity index (χ3n) is 2.97. The lowest BCUT2D eigenvalue weighted by molar-refractivity contribution is -0.117. The summed E-state index contributed by atoms with van der Waals surface area (Å²) in [7, 11) is 0. The molecule has 1 heterocycles. The molecule has 0 radical (unpaired) electrons. The number of rotatable bonds is 3. The number of nitrogens with one attached hydrogen (secondary N) is 1. The minimum atomic E-state index is -0.783. The van der Waals surface area contributed by atoms with E-state index in [-0.39, 0.29) is 12.5 Å². The van der Waals surface area contributed by atoms with Gasteiger partial charge in [-0.15, -0.1) is 0 Å². The average Bonchev–Trinajstić information content (AvgIpc) is 2.63. The van der Waals surface area contributed by atoms with Crippen LogP contribution in [0.1, 0.15) is 0 Å². The Morgan fingerprint density at radius 1 is 1.20 bits per heavy atom. The van der Waals surface area contributed by atoms with E-state index in [0.29, 0.717) is 18.8 Å². The monoisotopic (exact) mass is 470 g/mol. The van der Waals surface area contributed by atoms with Crippen molar-refractivity contribution in [1.82, 2.24) is 4.90 Å². The normalized spacial score (nSPS) is 23.1. The number of hydrogen-bond donors (Lipinski definition) is 3. The van der Waals surface area contributed by atoms with Gasteiger partial charge < -0.3 is 15.5 Å². The molecule has 1 aromatic rings. The molecule has 2 unspecified atom stereocenters. The summed E-state index contributed by atoms with van der Waals surface area (Å²) in [5.41, 5.74) is 0.651. The number of carbonyl (C=O) groups excluding carboxylic acids is 1. The van der Waals surface area contributed by atoms with Gasteiger partial charge in [0, 0.05) is 26.5 Å². The number of benzene rings is 1. The van der Waals surface area contributed by atoms with Crippen LogP contribution in [-0.2, 0) is 4.79 Å². The van der Waals surface area contributed by atoms with Crippen molar-refractivity contribution in [3.05, 3.63) is 25.6 Å². The lowest BCUT2D eigenvalue weighted by Gasteiger charge is -2.15. The van der Waals surface area contributed by atoms with Crippen LogP contribution in [0.2, 0.25) is 0 Å². The zero-order chi connectivity index (χ0) is 14.9. The lowest BCUT2D eigenvalue weighted by Crippen LogP contribution is -2.32. The number of hydrogen-bond acceptors (Lipinski definition) is 4. The van der Waals surface area contributed by atoms with Gasteiger partial charge >= 0.3 is 0 Å². The van der Waals surface area contributed by atoms with Crippen molar-refractivity contribution >= 4 is 59.4 Å². The molecule has 1 aliphatic heterocycles. The van der Waals surface area contributed by atoms with Crippen molar-refractivity contribution in [2.75, 3.05) is 25.0 Å². The molecule has 1 amide bonds. The number of anilines is 1. The zero-order valence-corrected chi connectivity index (χ0v) is 15.1. The van der Waals surface area contributed by atoms with Gasteiger partial charge in [-0.1, -0.05) is 15.9 Å². The van der Waals surface area contributed by atoms with E-state index >= 15 is 0 Å². The fourth-order valence-corrected chi connectivity index (χ4v) is 4.48. The Labute approximate surface area is 141 Å². The molecule has 1 aliphatic rings. The molecular formula is C12H13Br3N2O3. The van der Waals surface area contributed by atoms with Crippen LogP contribution in [0.3, 0.4) is 0 Å². The summed E-state index contributed by atoms with van der Waals surface area (Å²) in [5.74, 6) is -0.199. The van der Waals surface area contributed by atoms with Gasteiger partial charge in [0.05, 0.1) is 24.4 Å². The first-order valence-electron chi connectivity index (χ1n) is 5.89. The fourth-order valence-electron chi connectivity index (χ4n) is 2.02. The zero-order valence-electron chi connectivity index (χ0n) is 10.3. The number of likely N-dealkylation sites (tertiary alicyclic amines) is 1. The molecule has 1 saturated heterocycles. The van der Waals surface area contributed by atoms with E-state index in [0.717, 1.165) is 13.4 Å². The van der Waals surface area contributed by atoms with Crippen LogP contribution in [0.5, 0.6) is 0 Å². The second-order valence-electron chi connectivity index (χ2n) is 4.62. The number of aliphatic hydroxyl groups excluding tert-OH is 2. The molecule has 3 N–H and O–H groups in total. The largest absolute Gasteiger partial charge is 0.389 e. The highest BCUT2D eigenvalue weighted by molar-refractivity contribution is 9.11. The molecule has 0 aromatic heterocycles. The van der Waals surface area contributed by atoms with Gasteiger partial charge in [-0.05, 0) is 44.0 Å². The standard InChI is InChI=1S/C12H13Br3N2O3/c13-6-1-7(14)12(8(15)2-6)16-11(20)5-17-3-9(18)10(19)4-17/h1-2,9-10,18-19H,3-5H2,(H,16,20). The number of amides is 1. The lowest BCUT2D eigenvalue weighted by atomic mass is 10.3. The van der Waals surface area contributed by atoms with Gasteiger partial charge in [0.15, 0.2) is 0 Å². The molecule has 0 saturated carbocycles. The van der Waals surface area contributed by atoms with Gasteiger partial charge in [-0.25, -0.2) is 0 Å². The molecule has 1 aromatic carbocycles. The second-order valence-corrected chi connectivity index (χ2v) is 7.25. The van der Waals surface area contributed by atoms with Gasteiger partial charge in [-0.2, -0.15) is 0 Å². The molecule has 0 bridgehead atoms. The van der Waals surface area contributed by atoms with E-state index in [2.05, 4.69) is 53.1 Å². The predicted molar refractivity (Wildman–Crippen MR) is 86.6 cm³/mol. The topological polar surface area (TPSA) is 72.8 Å². The highest BCUT2D eigenvalue weighted by Gasteiger charge is 2.30. The molecule has 1 fully saturated rings. The van der Waals surface area contributed by atoms with Crippen LogP contribution < -0.4 is 5.32 Å². The highest BCUT2D eigenvalue weighted by atomic mass is 79.9. The van der Waals surface area contributed by atoms with Crippen LogP contribution in [0.15, 0.2) is 25.6 Å². The van der Waals surface area contributed by atoms with Crippen molar-refractivity contribution < 1.29 is 15.0 Å². The summed E-state index contributed by atoms with van der Waals surface area (Å²) in [6, 6.07) is 3.67. The summed E-state index contributed by atoms with van der Waals surface area (Å²) < 4.78 is 2.40. The molecule has 2 atom stereocenters. The summed E-state index contributed by atoms with van der Waals surface area (Å²) >= 11 is 10.1. The van der Waals surface area contributed by atoms with E-state index < -0.39 is 12.2 Å². The highest BCUT2D eigenvalue weighted by Crippen LogP contribution is 2.34. The summed E-state index contributed by atoms with van der Waals surface area (Å²) in [6.45, 7) is 0.734. The van der Waals surface area contributed by atoms with Crippen molar-refractivity contribution in [3.63, 3.8) is 0 Å². The van der Waals surface area contributed by atoms with Gasteiger partial charge in [0.1, 0.15) is 0 Å². The second kappa shape index (κ2) is 6.85. The van der Waals surface area contributed by atoms with Gasteiger partial charge in [-0.3, -0.25) is 9.69 Å². The first-order valence-corrected chi connectivity index (χ1v) is 8.27. The molecule has 2 rings (SSSR count). The molecule has 110 valence electrons. The first-order chi connectivity index (χ1) is 9.36. The van der Waals surface area contributed by atoms with E-state index in [9.17, 15) is 15.0 Å². The summed E-state index contributed by atoms with van der Waals surface area (Å²) in [4.78, 5) is 13.7. The van der Waals surface area contributed by atoms with E-state index in [4.69, 9.17) is 0 Å². The smallest absolute Gasteiger partial charge is 0.238 e. The SMILES string of the molecule is O=C(CN1CC(O)C(O)C1)Nc1c(Br)cc(Br)cc1Br. The molecule has 0 aliphatic carbocycles. The first kappa shape index (κ1) is 16.4. The van der Waals surface area contributed by atoms with Crippen LogP contribution in [0.4, 0.5) is 5.69 Å². The Hall–Kier alpha value is 0.0100. The maximum absolute atomic E-state index is 12.0. The number of nitrogens with zero attached hydrogens (tertiary/aromatic N) is 1. The molecule has 20 heavy (non-hydrogen) atoms. The van der Waals surface area contributed by atoms with Crippen LogP contribution in [-0.4, -0.2) is 52.9 Å². The summed E-state index contributed by atoms with van der Waals surface area (Å²) in [6.07, 6.45) is -1.57. The Morgan fingerprint density at radius 2 is 1.70 bits per heavy atom. The van der Waals surface area contributed by atoms with Crippen molar-refractivity contribution in [2.24, 2.45) is 0 Å². The molecular weight excluding hydrogens is 460 g/mol. The van der Waals surface area contributed by atoms with Crippen LogP contribution in [0.25, 0.3) is 0 Å². The molecule has 5 nitrogen and oxygen atoms in total. The molecule has 8 heteroatoms. The van der Waals surface area contributed by atoms with E-state index in [1.54, 1.807) is 4.90 Å². The Balaban J connectivity index is 1.99. The van der Waals surface area contributed by atoms with Crippen LogP contribution >= 0.6 is 47.8 Å². The van der Waals surface area contributed by atoms with Crippen molar-refractivity contribution in [1.29, 1.82) is 0 Å². The number of β-amino-alcohol motifs (C(OH)–C–C–N with tert-alkyl or cyclic N) is 2. The number of carbonyl (C=O) groups is 1. The predicted octanol–water partition coefficient (Wildman–Crippen LogP) is 1.95.